The summed E-state index contributed by atoms with van der Waals surface area (Å²) in [5.41, 5.74) is 7.61. The molecule has 4 nitrogen and oxygen atoms in total. The van der Waals surface area contributed by atoms with Gasteiger partial charge in [-0.05, 0) is 73.6 Å². The Kier molecular flexibility index (Phi) is 6.91. The van der Waals surface area contributed by atoms with Gasteiger partial charge in [-0.1, -0.05) is 60.7 Å². The van der Waals surface area contributed by atoms with Gasteiger partial charge in [0.15, 0.2) is 6.61 Å². The van der Waals surface area contributed by atoms with Crippen molar-refractivity contribution in [2.24, 2.45) is 0 Å². The average Bonchev–Trinajstić information content (AvgIpc) is 2.80. The molecule has 4 heteroatoms. The van der Waals surface area contributed by atoms with Crippen molar-refractivity contribution in [1.82, 2.24) is 5.32 Å². The predicted molar refractivity (Wildman–Crippen MR) is 123 cm³/mol. The van der Waals surface area contributed by atoms with E-state index >= 15 is 0 Å². The van der Waals surface area contributed by atoms with Crippen molar-refractivity contribution < 1.29 is 14.3 Å². The summed E-state index contributed by atoms with van der Waals surface area (Å²) >= 11 is 0. The third-order valence-corrected chi connectivity index (χ3v) is 6.11. The number of ether oxygens (including phenoxy) is 1. The average molecular weight is 416 g/mol. The number of hydrogen-bond acceptors (Lipinski definition) is 3. The standard InChI is InChI=1S/C27H29NO3/c1-17-18(2)20(4)25(21(5)19(17)3)27(30)31-16-24(29)28-26(22-12-8-6-9-13-22)23-14-10-7-11-15-23/h6-15,26H,16H2,1-5H3,(H,28,29). The first-order chi connectivity index (χ1) is 14.8. The van der Waals surface area contributed by atoms with Gasteiger partial charge in [-0.25, -0.2) is 4.79 Å². The SMILES string of the molecule is Cc1c(C)c(C)c(C(=O)OCC(=O)NC(c2ccccc2)c2ccccc2)c(C)c1C. The molecular formula is C27H29NO3. The molecule has 0 radical (unpaired) electrons. The van der Waals surface area contributed by atoms with Crippen molar-refractivity contribution in [3.8, 4) is 0 Å². The van der Waals surface area contributed by atoms with Gasteiger partial charge in [0.2, 0.25) is 0 Å². The van der Waals surface area contributed by atoms with Crippen LogP contribution >= 0.6 is 0 Å². The van der Waals surface area contributed by atoms with Crippen LogP contribution in [0.1, 0.15) is 55.3 Å². The van der Waals surface area contributed by atoms with Gasteiger partial charge in [0.25, 0.3) is 5.91 Å². The highest BCUT2D eigenvalue weighted by Crippen LogP contribution is 2.27. The van der Waals surface area contributed by atoms with Crippen LogP contribution in [0.15, 0.2) is 60.7 Å². The summed E-state index contributed by atoms with van der Waals surface area (Å²) in [6.45, 7) is 9.58. The molecule has 3 aromatic rings. The first-order valence-electron chi connectivity index (χ1n) is 10.4. The molecule has 3 aromatic carbocycles. The van der Waals surface area contributed by atoms with Crippen molar-refractivity contribution in [2.75, 3.05) is 6.61 Å². The third-order valence-electron chi connectivity index (χ3n) is 6.11. The maximum absolute atomic E-state index is 12.8. The maximum atomic E-state index is 12.8. The molecule has 0 unspecified atom stereocenters. The number of esters is 1. The minimum atomic E-state index is -0.465. The van der Waals surface area contributed by atoms with Gasteiger partial charge in [-0.15, -0.1) is 0 Å². The highest BCUT2D eigenvalue weighted by Gasteiger charge is 2.22. The summed E-state index contributed by atoms with van der Waals surface area (Å²) in [5, 5.41) is 3.00. The number of nitrogens with one attached hydrogen (secondary N) is 1. The Morgan fingerprint density at radius 3 is 1.58 bits per heavy atom. The Labute approximate surface area is 184 Å². The molecule has 0 heterocycles. The molecule has 0 saturated carbocycles. The summed E-state index contributed by atoms with van der Waals surface area (Å²) in [7, 11) is 0. The van der Waals surface area contributed by atoms with Gasteiger partial charge in [-0.3, -0.25) is 4.79 Å². The van der Waals surface area contributed by atoms with E-state index in [2.05, 4.69) is 12.2 Å². The van der Waals surface area contributed by atoms with Crippen LogP contribution in [0, 0.1) is 34.6 Å². The maximum Gasteiger partial charge on any atom is 0.339 e. The lowest BCUT2D eigenvalue weighted by Gasteiger charge is -2.20. The van der Waals surface area contributed by atoms with E-state index in [0.717, 1.165) is 33.4 Å². The summed E-state index contributed by atoms with van der Waals surface area (Å²) in [4.78, 5) is 25.5. The van der Waals surface area contributed by atoms with E-state index in [1.165, 1.54) is 5.56 Å². The number of rotatable bonds is 6. The molecule has 1 N–H and O–H groups in total. The molecule has 3 rings (SSSR count). The summed E-state index contributed by atoms with van der Waals surface area (Å²) in [6.07, 6.45) is 0. The zero-order valence-electron chi connectivity index (χ0n) is 18.8. The molecule has 0 atom stereocenters. The fourth-order valence-electron chi connectivity index (χ4n) is 3.86. The number of hydrogen-bond donors (Lipinski definition) is 1. The molecule has 1 amide bonds. The highest BCUT2D eigenvalue weighted by atomic mass is 16.5. The van der Waals surface area contributed by atoms with Gasteiger partial charge in [0.1, 0.15) is 0 Å². The molecule has 31 heavy (non-hydrogen) atoms. The molecule has 0 saturated heterocycles. The number of carbonyl (C=O) groups is 2. The molecule has 0 fully saturated rings. The van der Waals surface area contributed by atoms with Gasteiger partial charge in [0, 0.05) is 0 Å². The van der Waals surface area contributed by atoms with Crippen molar-refractivity contribution in [3.05, 3.63) is 105 Å². The van der Waals surface area contributed by atoms with Crippen molar-refractivity contribution >= 4 is 11.9 Å². The normalized spacial score (nSPS) is 10.8. The molecule has 0 aliphatic rings. The van der Waals surface area contributed by atoms with Crippen molar-refractivity contribution in [1.29, 1.82) is 0 Å². The Hall–Kier alpha value is -3.40. The second-order valence-corrected chi connectivity index (χ2v) is 7.90. The van der Waals surface area contributed by atoms with Crippen molar-refractivity contribution in [2.45, 2.75) is 40.7 Å². The van der Waals surface area contributed by atoms with Gasteiger partial charge in [-0.2, -0.15) is 0 Å². The second kappa shape index (κ2) is 9.61. The molecule has 160 valence electrons. The lowest BCUT2D eigenvalue weighted by molar-refractivity contribution is -0.124. The van der Waals surface area contributed by atoms with Crippen LogP contribution in [0.25, 0.3) is 0 Å². The fraction of sp³-hybridized carbons (Fsp3) is 0.259. The van der Waals surface area contributed by atoms with E-state index in [0.29, 0.717) is 5.56 Å². The van der Waals surface area contributed by atoms with E-state index in [4.69, 9.17) is 4.74 Å². The van der Waals surface area contributed by atoms with E-state index in [1.807, 2.05) is 88.4 Å². The van der Waals surface area contributed by atoms with Crippen LogP contribution in [-0.2, 0) is 9.53 Å². The molecule has 0 aliphatic carbocycles. The Morgan fingerprint density at radius 2 is 1.13 bits per heavy atom. The minimum Gasteiger partial charge on any atom is -0.452 e. The number of benzene rings is 3. The largest absolute Gasteiger partial charge is 0.452 e. The van der Waals surface area contributed by atoms with Crippen LogP contribution in [0.5, 0.6) is 0 Å². The number of amides is 1. The zero-order valence-corrected chi connectivity index (χ0v) is 18.8. The second-order valence-electron chi connectivity index (χ2n) is 7.90. The zero-order chi connectivity index (χ0) is 22.5. The first kappa shape index (κ1) is 22.3. The smallest absolute Gasteiger partial charge is 0.339 e. The van der Waals surface area contributed by atoms with E-state index in [9.17, 15) is 9.59 Å². The predicted octanol–water partition coefficient (Wildman–Crippen LogP) is 5.29. The third kappa shape index (κ3) is 4.85. The van der Waals surface area contributed by atoms with Gasteiger partial charge < -0.3 is 10.1 Å². The highest BCUT2D eigenvalue weighted by molar-refractivity contribution is 5.95. The van der Waals surface area contributed by atoms with E-state index in [1.54, 1.807) is 0 Å². The van der Waals surface area contributed by atoms with Crippen LogP contribution in [-0.4, -0.2) is 18.5 Å². The van der Waals surface area contributed by atoms with Crippen LogP contribution in [0.4, 0.5) is 0 Å². The molecular weight excluding hydrogens is 386 g/mol. The van der Waals surface area contributed by atoms with E-state index < -0.39 is 5.97 Å². The molecule has 0 spiro atoms. The fourth-order valence-corrected chi connectivity index (χ4v) is 3.86. The topological polar surface area (TPSA) is 55.4 Å². The Morgan fingerprint density at radius 1 is 0.710 bits per heavy atom. The summed E-state index contributed by atoms with van der Waals surface area (Å²) in [6, 6.07) is 19.2. The monoisotopic (exact) mass is 415 g/mol. The quantitative estimate of drug-likeness (QED) is 0.557. The minimum absolute atomic E-state index is 0.319. The Balaban J connectivity index is 1.75. The van der Waals surface area contributed by atoms with E-state index in [-0.39, 0.29) is 18.6 Å². The molecule has 0 aromatic heterocycles. The van der Waals surface area contributed by atoms with Crippen LogP contribution in [0.2, 0.25) is 0 Å². The van der Waals surface area contributed by atoms with Gasteiger partial charge in [0.05, 0.1) is 11.6 Å². The lowest BCUT2D eigenvalue weighted by atomic mass is 9.90. The van der Waals surface area contributed by atoms with Crippen LogP contribution < -0.4 is 5.32 Å². The first-order valence-corrected chi connectivity index (χ1v) is 10.4. The summed E-state index contributed by atoms with van der Waals surface area (Å²) < 4.78 is 5.42. The molecule has 0 aliphatic heterocycles. The van der Waals surface area contributed by atoms with Crippen LogP contribution in [0.3, 0.4) is 0 Å². The summed E-state index contributed by atoms with van der Waals surface area (Å²) in [5.74, 6) is -0.811. The van der Waals surface area contributed by atoms with Crippen molar-refractivity contribution in [3.63, 3.8) is 0 Å². The number of carbonyl (C=O) groups excluding carboxylic acids is 2. The lowest BCUT2D eigenvalue weighted by Crippen LogP contribution is -2.33. The van der Waals surface area contributed by atoms with Gasteiger partial charge >= 0.3 is 5.97 Å². The molecule has 0 bridgehead atoms. The Bertz CT molecular complexity index is 1020.